The van der Waals surface area contributed by atoms with E-state index in [9.17, 15) is 0 Å². The number of benzene rings is 1. The second kappa shape index (κ2) is 6.08. The molecule has 3 nitrogen and oxygen atoms in total. The Labute approximate surface area is 114 Å². The molecule has 0 saturated heterocycles. The number of aliphatic imine (C=N–C) groups is 1. The van der Waals surface area contributed by atoms with Crippen molar-refractivity contribution in [2.45, 2.75) is 26.2 Å². The Hall–Kier alpha value is -0.780. The summed E-state index contributed by atoms with van der Waals surface area (Å²) in [5, 5.41) is 0. The number of halogens is 1. The molecule has 0 heterocycles. The van der Waals surface area contributed by atoms with Crippen molar-refractivity contribution in [1.29, 1.82) is 0 Å². The van der Waals surface area contributed by atoms with Gasteiger partial charge in [0, 0.05) is 5.41 Å². The number of nitrogens with two attached hydrogens (primary N) is 2. The molecule has 0 radical (unpaired) electrons. The molecule has 0 unspecified atom stereocenters. The number of guanidine groups is 1. The maximum atomic E-state index is 5.34. The van der Waals surface area contributed by atoms with Crippen molar-refractivity contribution >= 4 is 29.9 Å². The maximum absolute atomic E-state index is 5.34. The van der Waals surface area contributed by atoms with Crippen molar-refractivity contribution in [2.75, 3.05) is 6.54 Å². The Morgan fingerprint density at radius 3 is 2.31 bits per heavy atom. The van der Waals surface area contributed by atoms with E-state index in [2.05, 4.69) is 37.9 Å². The predicted octanol–water partition coefficient (Wildman–Crippen LogP) is 2.16. The van der Waals surface area contributed by atoms with Crippen LogP contribution in [-0.4, -0.2) is 12.5 Å². The molecule has 0 saturated carbocycles. The van der Waals surface area contributed by atoms with Crippen LogP contribution in [0.3, 0.4) is 0 Å². The highest BCUT2D eigenvalue weighted by molar-refractivity contribution is 14.0. The molecular weight excluding hydrogens is 313 g/mol. The average molecular weight is 333 g/mol. The topological polar surface area (TPSA) is 64.4 Å². The van der Waals surface area contributed by atoms with Gasteiger partial charge in [0.15, 0.2) is 5.96 Å². The summed E-state index contributed by atoms with van der Waals surface area (Å²) in [7, 11) is 0. The van der Waals surface area contributed by atoms with E-state index in [0.29, 0.717) is 6.54 Å². The van der Waals surface area contributed by atoms with E-state index in [1.165, 1.54) is 11.1 Å². The van der Waals surface area contributed by atoms with Gasteiger partial charge in [-0.25, -0.2) is 0 Å². The lowest BCUT2D eigenvalue weighted by atomic mass is 9.82. The second-order valence-electron chi connectivity index (χ2n) is 4.44. The van der Waals surface area contributed by atoms with Crippen LogP contribution in [0, 0.1) is 6.92 Å². The van der Waals surface area contributed by atoms with Crippen LogP contribution in [0.4, 0.5) is 0 Å². The highest BCUT2D eigenvalue weighted by Crippen LogP contribution is 2.26. The van der Waals surface area contributed by atoms with Crippen molar-refractivity contribution in [3.05, 3.63) is 35.4 Å². The van der Waals surface area contributed by atoms with Gasteiger partial charge in [-0.3, -0.25) is 4.99 Å². The van der Waals surface area contributed by atoms with Gasteiger partial charge < -0.3 is 11.5 Å². The fraction of sp³-hybridized carbons (Fsp3) is 0.417. The molecule has 0 aromatic heterocycles. The van der Waals surface area contributed by atoms with Crippen LogP contribution in [-0.2, 0) is 5.41 Å². The number of aryl methyl sites for hydroxylation is 1. The smallest absolute Gasteiger partial charge is 0.185 e. The lowest BCUT2D eigenvalue weighted by Gasteiger charge is -2.25. The van der Waals surface area contributed by atoms with Gasteiger partial charge in [0.1, 0.15) is 0 Å². The minimum absolute atomic E-state index is 0. The standard InChI is InChI=1S/C12H19N3.HI/c1-9-6-4-5-7-10(9)12(2,3)8-15-11(13)14;/h4-7H,8H2,1-3H3,(H4,13,14,15);1H. The Kier molecular flexibility index (Phi) is 5.78. The van der Waals surface area contributed by atoms with Gasteiger partial charge in [-0.2, -0.15) is 0 Å². The number of nitrogens with zero attached hydrogens (tertiary/aromatic N) is 1. The number of hydrogen-bond donors (Lipinski definition) is 2. The predicted molar refractivity (Wildman–Crippen MR) is 80.3 cm³/mol. The van der Waals surface area contributed by atoms with E-state index < -0.39 is 0 Å². The molecule has 16 heavy (non-hydrogen) atoms. The normalized spacial score (nSPS) is 10.4. The fourth-order valence-corrected chi connectivity index (χ4v) is 1.71. The summed E-state index contributed by atoms with van der Waals surface area (Å²) in [5.74, 6) is 0.150. The van der Waals surface area contributed by atoms with Crippen LogP contribution in [0.1, 0.15) is 25.0 Å². The molecule has 0 fully saturated rings. The molecule has 0 aliphatic rings. The zero-order valence-electron chi connectivity index (χ0n) is 10.0. The molecule has 4 heteroatoms. The Morgan fingerprint density at radius 2 is 1.81 bits per heavy atom. The third kappa shape index (κ3) is 4.00. The SMILES string of the molecule is Cc1ccccc1C(C)(C)CN=C(N)N.I. The monoisotopic (exact) mass is 333 g/mol. The Bertz CT molecular complexity index is 368. The summed E-state index contributed by atoms with van der Waals surface area (Å²) in [6.45, 7) is 7.00. The third-order valence-electron chi connectivity index (χ3n) is 2.53. The molecular formula is C12H20IN3. The zero-order chi connectivity index (χ0) is 11.5. The fourth-order valence-electron chi connectivity index (χ4n) is 1.71. The summed E-state index contributed by atoms with van der Waals surface area (Å²) < 4.78 is 0. The van der Waals surface area contributed by atoms with Gasteiger partial charge in [0.2, 0.25) is 0 Å². The van der Waals surface area contributed by atoms with Crippen LogP contribution in [0.15, 0.2) is 29.3 Å². The van der Waals surface area contributed by atoms with E-state index in [4.69, 9.17) is 11.5 Å². The van der Waals surface area contributed by atoms with Crippen LogP contribution in [0.25, 0.3) is 0 Å². The van der Waals surface area contributed by atoms with Gasteiger partial charge >= 0.3 is 0 Å². The quantitative estimate of drug-likeness (QED) is 0.506. The molecule has 4 N–H and O–H groups in total. The first kappa shape index (κ1) is 15.2. The molecule has 0 aliphatic heterocycles. The van der Waals surface area contributed by atoms with Crippen LogP contribution in [0.2, 0.25) is 0 Å². The molecule has 0 spiro atoms. The van der Waals surface area contributed by atoms with E-state index in [-0.39, 0.29) is 35.4 Å². The Balaban J connectivity index is 0.00000225. The lowest BCUT2D eigenvalue weighted by Crippen LogP contribution is -2.28. The molecule has 0 atom stereocenters. The molecule has 0 bridgehead atoms. The van der Waals surface area contributed by atoms with E-state index in [0.717, 1.165) is 0 Å². The van der Waals surface area contributed by atoms with Gasteiger partial charge in [-0.05, 0) is 18.1 Å². The molecule has 90 valence electrons. The van der Waals surface area contributed by atoms with Gasteiger partial charge in [0.05, 0.1) is 6.54 Å². The first-order chi connectivity index (χ1) is 6.93. The van der Waals surface area contributed by atoms with Crippen molar-refractivity contribution in [3.8, 4) is 0 Å². The highest BCUT2D eigenvalue weighted by atomic mass is 127. The number of rotatable bonds is 3. The molecule has 1 aromatic carbocycles. The molecule has 1 aromatic rings. The first-order valence-corrected chi connectivity index (χ1v) is 5.05. The second-order valence-corrected chi connectivity index (χ2v) is 4.44. The highest BCUT2D eigenvalue weighted by Gasteiger charge is 2.21. The van der Waals surface area contributed by atoms with Crippen molar-refractivity contribution < 1.29 is 0 Å². The van der Waals surface area contributed by atoms with Crippen molar-refractivity contribution in [1.82, 2.24) is 0 Å². The van der Waals surface area contributed by atoms with E-state index in [1.54, 1.807) is 0 Å². The summed E-state index contributed by atoms with van der Waals surface area (Å²) in [6.07, 6.45) is 0. The van der Waals surface area contributed by atoms with Crippen LogP contribution in [0.5, 0.6) is 0 Å². The molecule has 0 amide bonds. The molecule has 0 aliphatic carbocycles. The van der Waals surface area contributed by atoms with Gasteiger partial charge in [-0.1, -0.05) is 38.1 Å². The summed E-state index contributed by atoms with van der Waals surface area (Å²) in [6, 6.07) is 8.30. The largest absolute Gasteiger partial charge is 0.370 e. The van der Waals surface area contributed by atoms with E-state index in [1.807, 2.05) is 12.1 Å². The molecule has 1 rings (SSSR count). The van der Waals surface area contributed by atoms with Crippen molar-refractivity contribution in [3.63, 3.8) is 0 Å². The number of hydrogen-bond acceptors (Lipinski definition) is 1. The summed E-state index contributed by atoms with van der Waals surface area (Å²) in [5.41, 5.74) is 13.2. The zero-order valence-corrected chi connectivity index (χ0v) is 12.4. The lowest BCUT2D eigenvalue weighted by molar-refractivity contribution is 0.536. The minimum atomic E-state index is -0.0324. The van der Waals surface area contributed by atoms with Gasteiger partial charge in [0.25, 0.3) is 0 Å². The third-order valence-corrected chi connectivity index (χ3v) is 2.53. The van der Waals surface area contributed by atoms with E-state index >= 15 is 0 Å². The van der Waals surface area contributed by atoms with Crippen molar-refractivity contribution in [2.24, 2.45) is 16.5 Å². The Morgan fingerprint density at radius 1 is 1.25 bits per heavy atom. The van der Waals surface area contributed by atoms with Gasteiger partial charge in [-0.15, -0.1) is 24.0 Å². The minimum Gasteiger partial charge on any atom is -0.370 e. The summed E-state index contributed by atoms with van der Waals surface area (Å²) in [4.78, 5) is 4.09. The summed E-state index contributed by atoms with van der Waals surface area (Å²) >= 11 is 0. The average Bonchev–Trinajstić information content (AvgIpc) is 2.15. The van der Waals surface area contributed by atoms with Crippen LogP contribution >= 0.6 is 24.0 Å². The maximum Gasteiger partial charge on any atom is 0.185 e. The van der Waals surface area contributed by atoms with Crippen LogP contribution < -0.4 is 11.5 Å². The first-order valence-electron chi connectivity index (χ1n) is 5.05.